The average molecular weight is 571 g/mol. The molecule has 172 valence electrons. The molecule has 2 rings (SSSR count). The Morgan fingerprint density at radius 3 is 2.59 bits per heavy atom. The van der Waals surface area contributed by atoms with Crippen molar-refractivity contribution in [3.63, 3.8) is 0 Å². The van der Waals surface area contributed by atoms with Gasteiger partial charge in [0.1, 0.15) is 23.0 Å². The number of halogens is 1. The third kappa shape index (κ3) is 6.61. The van der Waals surface area contributed by atoms with Crippen LogP contribution in [0.4, 0.5) is 0 Å². The second kappa shape index (κ2) is 12.7. The number of carbonyl (C=O) groups excluding carboxylic acids is 2. The van der Waals surface area contributed by atoms with E-state index in [9.17, 15) is 14.7 Å². The van der Waals surface area contributed by atoms with Gasteiger partial charge in [-0.15, -0.1) is 0 Å². The van der Waals surface area contributed by atoms with Gasteiger partial charge < -0.3 is 19.3 Å². The Morgan fingerprint density at radius 2 is 1.97 bits per heavy atom. The van der Waals surface area contributed by atoms with Crippen LogP contribution in [0.15, 0.2) is 46.0 Å². The van der Waals surface area contributed by atoms with Crippen molar-refractivity contribution in [3.05, 3.63) is 50.2 Å². The van der Waals surface area contributed by atoms with Gasteiger partial charge in [0.05, 0.1) is 21.7 Å². The number of benzene rings is 1. The van der Waals surface area contributed by atoms with E-state index < -0.39 is 5.97 Å². The van der Waals surface area contributed by atoms with E-state index in [1.54, 1.807) is 25.1 Å². The summed E-state index contributed by atoms with van der Waals surface area (Å²) in [4.78, 5) is 28.9. The fraction of sp³-hybridized carbons (Fsp3) is 0.348. The summed E-state index contributed by atoms with van der Waals surface area (Å²) in [5.41, 5.74) is 0.625. The van der Waals surface area contributed by atoms with E-state index in [1.807, 2.05) is 19.9 Å². The maximum absolute atomic E-state index is 12.4. The van der Waals surface area contributed by atoms with Crippen LogP contribution in [0, 0.1) is 3.57 Å². The number of aliphatic hydroxyl groups excluding tert-OH is 1. The van der Waals surface area contributed by atoms with Crippen molar-refractivity contribution in [1.29, 1.82) is 0 Å². The highest BCUT2D eigenvalue weighted by molar-refractivity contribution is 14.1. The minimum Gasteiger partial charge on any atom is -0.506 e. The first kappa shape index (κ1) is 26.0. The molecule has 9 heteroatoms. The van der Waals surface area contributed by atoms with Crippen LogP contribution in [0.25, 0.3) is 6.08 Å². The van der Waals surface area contributed by atoms with Crippen LogP contribution in [0.2, 0.25) is 0 Å². The molecule has 1 N–H and O–H groups in total. The summed E-state index contributed by atoms with van der Waals surface area (Å²) in [7, 11) is 0. The number of aliphatic hydroxyl groups is 1. The molecule has 0 fully saturated rings. The number of carbonyl (C=O) groups is 2. The van der Waals surface area contributed by atoms with E-state index in [1.165, 1.54) is 0 Å². The molecule has 0 aromatic heterocycles. The van der Waals surface area contributed by atoms with Crippen molar-refractivity contribution in [3.8, 4) is 11.5 Å². The van der Waals surface area contributed by atoms with Crippen molar-refractivity contribution in [2.45, 2.75) is 33.6 Å². The third-order valence-electron chi connectivity index (χ3n) is 4.04. The lowest BCUT2D eigenvalue weighted by Crippen LogP contribution is -2.14. The predicted molar refractivity (Wildman–Crippen MR) is 135 cm³/mol. The number of rotatable bonds is 10. The number of thioether (sulfide) groups is 1. The van der Waals surface area contributed by atoms with E-state index in [0.717, 1.165) is 20.9 Å². The fourth-order valence-electron chi connectivity index (χ4n) is 2.74. The van der Waals surface area contributed by atoms with Gasteiger partial charge in [-0.2, -0.15) is 0 Å². The van der Waals surface area contributed by atoms with E-state index >= 15 is 0 Å². The Kier molecular flexibility index (Phi) is 10.3. The molecular weight excluding hydrogens is 545 g/mol. The predicted octanol–water partition coefficient (Wildman–Crippen LogP) is 5.44. The fourth-order valence-corrected chi connectivity index (χ4v) is 4.56. The number of hydrogen-bond acceptors (Lipinski definition) is 7. The first-order valence-electron chi connectivity index (χ1n) is 10.2. The second-order valence-electron chi connectivity index (χ2n) is 6.48. The first-order valence-corrected chi connectivity index (χ1v) is 12.1. The van der Waals surface area contributed by atoms with E-state index in [4.69, 9.17) is 14.2 Å². The molecule has 0 unspecified atom stereocenters. The summed E-state index contributed by atoms with van der Waals surface area (Å²) < 4.78 is 17.3. The zero-order valence-corrected chi connectivity index (χ0v) is 21.2. The maximum atomic E-state index is 12.4. The number of esters is 1. The molecule has 0 saturated carbocycles. The van der Waals surface area contributed by atoms with Gasteiger partial charge in [0.25, 0.3) is 0 Å². The van der Waals surface area contributed by atoms with Crippen molar-refractivity contribution < 1.29 is 28.9 Å². The quantitative estimate of drug-likeness (QED) is 0.227. The topological polar surface area (TPSA) is 94.4 Å². The van der Waals surface area contributed by atoms with Gasteiger partial charge in [0.2, 0.25) is 5.91 Å². The number of ether oxygens (including phenoxy) is 3. The van der Waals surface area contributed by atoms with Crippen LogP contribution in [-0.4, -0.2) is 41.8 Å². The molecule has 0 saturated heterocycles. The molecule has 0 aliphatic carbocycles. The summed E-state index contributed by atoms with van der Waals surface area (Å²) in [6.45, 7) is 9.99. The molecule has 1 aliphatic rings. The van der Waals surface area contributed by atoms with Crippen molar-refractivity contribution in [2.75, 3.05) is 19.8 Å². The molecule has 1 aliphatic heterocycles. The third-order valence-corrected chi connectivity index (χ3v) is 5.86. The van der Waals surface area contributed by atoms with Gasteiger partial charge in [-0.05, 0) is 66.6 Å². The Hall–Kier alpha value is -2.27. The molecule has 1 aromatic rings. The molecule has 1 aromatic carbocycles. The maximum Gasteiger partial charge on any atom is 0.344 e. The van der Waals surface area contributed by atoms with Crippen molar-refractivity contribution >= 4 is 57.3 Å². The zero-order valence-electron chi connectivity index (χ0n) is 18.3. The van der Waals surface area contributed by atoms with Crippen LogP contribution in [-0.2, 0) is 14.3 Å². The van der Waals surface area contributed by atoms with Crippen molar-refractivity contribution in [2.24, 2.45) is 4.99 Å². The van der Waals surface area contributed by atoms with Crippen LogP contribution in [0.3, 0.4) is 0 Å². The minimum absolute atomic E-state index is 0.0989. The number of amides is 1. The van der Waals surface area contributed by atoms with Gasteiger partial charge in [-0.25, -0.2) is 9.79 Å². The van der Waals surface area contributed by atoms with E-state index in [-0.39, 0.29) is 35.3 Å². The molecule has 1 heterocycles. The lowest BCUT2D eigenvalue weighted by molar-refractivity contribution is -0.138. The van der Waals surface area contributed by atoms with Crippen LogP contribution < -0.4 is 9.47 Å². The molecule has 0 radical (unpaired) electrons. The van der Waals surface area contributed by atoms with Crippen LogP contribution >= 0.6 is 34.4 Å². The summed E-state index contributed by atoms with van der Waals surface area (Å²) in [5, 5.41) is 10.9. The molecule has 7 nitrogen and oxygen atoms in total. The summed E-state index contributed by atoms with van der Waals surface area (Å²) in [6.07, 6.45) is 4.24. The molecule has 0 bridgehead atoms. The largest absolute Gasteiger partial charge is 0.506 e. The molecule has 0 spiro atoms. The molecule has 1 amide bonds. The molecule has 32 heavy (non-hydrogen) atoms. The minimum atomic E-state index is -0.721. The lowest BCUT2D eigenvalue weighted by Gasteiger charge is -2.14. The van der Waals surface area contributed by atoms with Gasteiger partial charge >= 0.3 is 5.97 Å². The van der Waals surface area contributed by atoms with Gasteiger partial charge in [-0.1, -0.05) is 31.3 Å². The van der Waals surface area contributed by atoms with Crippen LogP contribution in [0.1, 0.15) is 39.2 Å². The number of nitrogens with zero attached hydrogens (tertiary/aromatic N) is 1. The van der Waals surface area contributed by atoms with Gasteiger partial charge in [0.15, 0.2) is 11.5 Å². The molecule has 0 atom stereocenters. The van der Waals surface area contributed by atoms with Gasteiger partial charge in [0, 0.05) is 6.42 Å². The SMILES string of the molecule is C=CCOc1c(I)cc(/C=C2\SC(=NC(=O)CCC)C(C(=O)OCC)=C2O)cc1OCC. The van der Waals surface area contributed by atoms with E-state index in [0.29, 0.717) is 36.0 Å². The number of aliphatic imine (C=N–C) groups is 1. The van der Waals surface area contributed by atoms with Crippen molar-refractivity contribution in [1.82, 2.24) is 0 Å². The Morgan fingerprint density at radius 1 is 1.22 bits per heavy atom. The second-order valence-corrected chi connectivity index (χ2v) is 8.67. The smallest absolute Gasteiger partial charge is 0.344 e. The van der Waals surface area contributed by atoms with Gasteiger partial charge in [-0.3, -0.25) is 4.79 Å². The Bertz CT molecular complexity index is 983. The average Bonchev–Trinajstić information content (AvgIpc) is 3.02. The normalized spacial score (nSPS) is 15.9. The summed E-state index contributed by atoms with van der Waals surface area (Å²) in [5.74, 6) is -0.189. The molecular formula is C23H26INO6S. The standard InChI is InChI=1S/C23H26INO6S/c1-5-9-18(26)25-22-19(23(28)30-8-4)20(27)17(32-22)13-14-11-15(24)21(31-10-6-2)16(12-14)29-7-3/h6,11-13,27H,2,5,7-10H2,1,3-4H3/b17-13-,25-22?. The zero-order chi connectivity index (χ0) is 23.7. The summed E-state index contributed by atoms with van der Waals surface area (Å²) in [6, 6.07) is 3.65. The number of hydrogen-bond donors (Lipinski definition) is 1. The lowest BCUT2D eigenvalue weighted by atomic mass is 10.1. The monoisotopic (exact) mass is 571 g/mol. The Balaban J connectivity index is 2.51. The van der Waals surface area contributed by atoms with Crippen LogP contribution in [0.5, 0.6) is 11.5 Å². The highest BCUT2D eigenvalue weighted by Crippen LogP contribution is 2.41. The highest BCUT2D eigenvalue weighted by atomic mass is 127. The first-order chi connectivity index (χ1) is 15.4. The summed E-state index contributed by atoms with van der Waals surface area (Å²) >= 11 is 3.20. The Labute approximate surface area is 205 Å². The van der Waals surface area contributed by atoms with E-state index in [2.05, 4.69) is 34.2 Å². The highest BCUT2D eigenvalue weighted by Gasteiger charge is 2.33.